The van der Waals surface area contributed by atoms with Crippen molar-refractivity contribution in [1.82, 2.24) is 19.0 Å². The Balaban J connectivity index is 1.40. The van der Waals surface area contributed by atoms with E-state index in [2.05, 4.69) is 15.3 Å². The van der Waals surface area contributed by atoms with E-state index in [9.17, 15) is 26.4 Å². The second-order valence-electron chi connectivity index (χ2n) is 10.2. The molecular weight excluding hydrogens is 617 g/mol. The van der Waals surface area contributed by atoms with E-state index in [1.807, 2.05) is 13.8 Å². The van der Waals surface area contributed by atoms with Crippen molar-refractivity contribution in [2.45, 2.75) is 31.5 Å². The standard InChI is InChI=1S/C30H30ClF3N6O3S/c1-3-38(4-2)14-15-39-18-20-6-5-7-23(28(20)44(39,42)43)19-8-10-21(11-9-19)36-29(41)26-17-27(30(32,33)34)37-40(26)22-12-13-24(31)25(35)16-22/h5-13,16-17H,3-4,14-15,18,35H2,1-2H3,(H,36,41). The summed E-state index contributed by atoms with van der Waals surface area (Å²) < 4.78 is 70.0. The summed E-state index contributed by atoms with van der Waals surface area (Å²) in [7, 11) is -3.73. The molecule has 0 saturated carbocycles. The Bertz CT molecular complexity index is 1810. The number of nitrogens with zero attached hydrogens (tertiary/aromatic N) is 4. The molecule has 0 bridgehead atoms. The van der Waals surface area contributed by atoms with Crippen LogP contribution in [0.3, 0.4) is 0 Å². The molecule has 1 aliphatic rings. The number of benzene rings is 3. The molecule has 3 aromatic carbocycles. The maximum Gasteiger partial charge on any atom is 0.435 e. The van der Waals surface area contributed by atoms with Crippen LogP contribution in [0.15, 0.2) is 71.6 Å². The molecule has 0 radical (unpaired) electrons. The van der Waals surface area contributed by atoms with Gasteiger partial charge in [-0.2, -0.15) is 22.6 Å². The van der Waals surface area contributed by atoms with Crippen LogP contribution in [-0.4, -0.2) is 59.5 Å². The number of anilines is 2. The molecule has 0 saturated heterocycles. The number of hydrogen-bond donors (Lipinski definition) is 2. The van der Waals surface area contributed by atoms with Crippen LogP contribution < -0.4 is 11.1 Å². The number of likely N-dealkylation sites (N-methyl/N-ethyl adjacent to an activating group) is 1. The fraction of sp³-hybridized carbons (Fsp3) is 0.267. The van der Waals surface area contributed by atoms with Gasteiger partial charge < -0.3 is 16.0 Å². The van der Waals surface area contributed by atoms with E-state index in [4.69, 9.17) is 17.3 Å². The zero-order chi connectivity index (χ0) is 31.8. The summed E-state index contributed by atoms with van der Waals surface area (Å²) in [5.74, 6) is -0.846. The minimum absolute atomic E-state index is 0.108. The third-order valence-corrected chi connectivity index (χ3v) is 9.85. The molecule has 2 heterocycles. The van der Waals surface area contributed by atoms with E-state index in [0.29, 0.717) is 35.8 Å². The highest BCUT2D eigenvalue weighted by molar-refractivity contribution is 7.89. The van der Waals surface area contributed by atoms with Crippen molar-refractivity contribution < 1.29 is 26.4 Å². The Morgan fingerprint density at radius 3 is 2.41 bits per heavy atom. The number of alkyl halides is 3. The van der Waals surface area contributed by atoms with Crippen molar-refractivity contribution in [2.24, 2.45) is 0 Å². The average molecular weight is 647 g/mol. The first kappa shape index (κ1) is 31.5. The predicted molar refractivity (Wildman–Crippen MR) is 163 cm³/mol. The third-order valence-electron chi connectivity index (χ3n) is 7.51. The highest BCUT2D eigenvalue weighted by Crippen LogP contribution is 2.38. The van der Waals surface area contributed by atoms with Gasteiger partial charge in [-0.25, -0.2) is 13.1 Å². The molecule has 0 fully saturated rings. The highest BCUT2D eigenvalue weighted by atomic mass is 35.5. The van der Waals surface area contributed by atoms with Gasteiger partial charge in [0.05, 0.1) is 21.3 Å². The van der Waals surface area contributed by atoms with Crippen LogP contribution in [0.1, 0.15) is 35.6 Å². The SMILES string of the molecule is CCN(CC)CCN1Cc2cccc(-c3ccc(NC(=O)c4cc(C(F)(F)F)nn4-c4ccc(Cl)c(N)c4)cc3)c2S1(=O)=O. The van der Waals surface area contributed by atoms with E-state index < -0.39 is 27.8 Å². The number of carbonyl (C=O) groups is 1. The molecule has 232 valence electrons. The number of hydrogen-bond acceptors (Lipinski definition) is 6. The Labute approximate surface area is 258 Å². The molecule has 0 unspecified atom stereocenters. The molecule has 14 heteroatoms. The Morgan fingerprint density at radius 2 is 1.77 bits per heavy atom. The highest BCUT2D eigenvalue weighted by Gasteiger charge is 2.37. The number of nitrogen functional groups attached to an aromatic ring is 1. The summed E-state index contributed by atoms with van der Waals surface area (Å²) in [5, 5.41) is 6.39. The first-order valence-electron chi connectivity index (χ1n) is 13.8. The van der Waals surface area contributed by atoms with Crippen molar-refractivity contribution in [1.29, 1.82) is 0 Å². The predicted octanol–water partition coefficient (Wildman–Crippen LogP) is 5.89. The van der Waals surface area contributed by atoms with Gasteiger partial charge in [0.2, 0.25) is 10.0 Å². The maximum atomic E-state index is 13.5. The lowest BCUT2D eigenvalue weighted by atomic mass is 10.0. The topological polar surface area (TPSA) is 114 Å². The smallest absolute Gasteiger partial charge is 0.397 e. The first-order valence-corrected chi connectivity index (χ1v) is 15.6. The van der Waals surface area contributed by atoms with Crippen LogP contribution in [0.25, 0.3) is 16.8 Å². The molecule has 5 rings (SSSR count). The normalized spacial score (nSPS) is 14.6. The molecule has 0 atom stereocenters. The van der Waals surface area contributed by atoms with Crippen LogP contribution in [0.5, 0.6) is 0 Å². The second-order valence-corrected chi connectivity index (χ2v) is 12.5. The van der Waals surface area contributed by atoms with E-state index in [0.717, 1.165) is 17.8 Å². The molecule has 9 nitrogen and oxygen atoms in total. The van der Waals surface area contributed by atoms with Crippen molar-refractivity contribution in [3.63, 3.8) is 0 Å². The van der Waals surface area contributed by atoms with Gasteiger partial charge in [-0.05, 0) is 54.5 Å². The van der Waals surface area contributed by atoms with Crippen molar-refractivity contribution in [3.8, 4) is 16.8 Å². The molecule has 4 aromatic rings. The summed E-state index contributed by atoms with van der Waals surface area (Å²) in [5.41, 5.74) is 6.54. The largest absolute Gasteiger partial charge is 0.435 e. The Kier molecular flexibility index (Phi) is 8.76. The van der Waals surface area contributed by atoms with Gasteiger partial charge in [0.25, 0.3) is 5.91 Å². The summed E-state index contributed by atoms with van der Waals surface area (Å²) in [6.45, 7) is 7.00. The van der Waals surface area contributed by atoms with Gasteiger partial charge in [-0.1, -0.05) is 55.8 Å². The number of sulfonamides is 1. The zero-order valence-corrected chi connectivity index (χ0v) is 25.5. The number of carbonyl (C=O) groups excluding carboxylic acids is 1. The lowest BCUT2D eigenvalue weighted by Crippen LogP contribution is -2.35. The van der Waals surface area contributed by atoms with Crippen molar-refractivity contribution in [2.75, 3.05) is 37.2 Å². The second kappa shape index (κ2) is 12.2. The van der Waals surface area contributed by atoms with Crippen LogP contribution in [0.2, 0.25) is 5.02 Å². The molecule has 1 amide bonds. The zero-order valence-electron chi connectivity index (χ0n) is 23.9. The maximum absolute atomic E-state index is 13.5. The third kappa shape index (κ3) is 6.18. The molecule has 3 N–H and O–H groups in total. The lowest BCUT2D eigenvalue weighted by Gasteiger charge is -2.22. The number of nitrogens with two attached hydrogens (primary N) is 1. The quantitative estimate of drug-likeness (QED) is 0.219. The van der Waals surface area contributed by atoms with Crippen molar-refractivity contribution >= 4 is 38.9 Å². The molecule has 44 heavy (non-hydrogen) atoms. The van der Waals surface area contributed by atoms with Gasteiger partial charge in [0.15, 0.2) is 5.69 Å². The number of aromatic nitrogens is 2. The molecule has 1 aliphatic heterocycles. The lowest BCUT2D eigenvalue weighted by molar-refractivity contribution is -0.141. The molecule has 1 aromatic heterocycles. The van der Waals surface area contributed by atoms with E-state index in [1.54, 1.807) is 42.5 Å². The van der Waals surface area contributed by atoms with Crippen LogP contribution in [-0.2, 0) is 22.7 Å². The van der Waals surface area contributed by atoms with Crippen LogP contribution in [0, 0.1) is 0 Å². The number of nitrogens with one attached hydrogen (secondary N) is 1. The van der Waals surface area contributed by atoms with E-state index in [-0.39, 0.29) is 39.2 Å². The summed E-state index contributed by atoms with van der Waals surface area (Å²) in [4.78, 5) is 15.6. The van der Waals surface area contributed by atoms with Gasteiger partial charge >= 0.3 is 6.18 Å². The van der Waals surface area contributed by atoms with Crippen LogP contribution >= 0.6 is 11.6 Å². The summed E-state index contributed by atoms with van der Waals surface area (Å²) >= 11 is 5.95. The fourth-order valence-corrected chi connectivity index (χ4v) is 7.04. The number of rotatable bonds is 9. The molecule has 0 spiro atoms. The van der Waals surface area contributed by atoms with E-state index >= 15 is 0 Å². The Hall–Kier alpha value is -3.91. The monoisotopic (exact) mass is 646 g/mol. The van der Waals surface area contributed by atoms with E-state index in [1.165, 1.54) is 22.5 Å². The van der Waals surface area contributed by atoms with Gasteiger partial charge in [0, 0.05) is 37.0 Å². The number of amides is 1. The van der Waals surface area contributed by atoms with Crippen LogP contribution in [0.4, 0.5) is 24.5 Å². The summed E-state index contributed by atoms with van der Waals surface area (Å²) in [6.07, 6.45) is -4.79. The average Bonchev–Trinajstić information content (AvgIpc) is 3.55. The first-order chi connectivity index (χ1) is 20.8. The minimum atomic E-state index is -4.79. The summed E-state index contributed by atoms with van der Waals surface area (Å²) in [6, 6.07) is 16.5. The van der Waals surface area contributed by atoms with Crippen molar-refractivity contribution in [3.05, 3.63) is 88.7 Å². The molecule has 0 aliphatic carbocycles. The number of halogens is 4. The van der Waals surface area contributed by atoms with Gasteiger partial charge in [0.1, 0.15) is 5.69 Å². The Morgan fingerprint density at radius 1 is 1.07 bits per heavy atom. The minimum Gasteiger partial charge on any atom is -0.397 e. The fourth-order valence-electron chi connectivity index (χ4n) is 5.11. The molecular formula is C30H30ClF3N6O3S. The number of fused-ring (bicyclic) bond motifs is 1. The van der Waals surface area contributed by atoms with Gasteiger partial charge in [-0.15, -0.1) is 0 Å². The van der Waals surface area contributed by atoms with Gasteiger partial charge in [-0.3, -0.25) is 4.79 Å².